The van der Waals surface area contributed by atoms with Crippen molar-refractivity contribution in [1.82, 2.24) is 0 Å². The monoisotopic (exact) mass is 193 g/mol. The lowest BCUT2D eigenvalue weighted by atomic mass is 9.97. The van der Waals surface area contributed by atoms with Crippen molar-refractivity contribution in [3.63, 3.8) is 0 Å². The first-order valence-corrected chi connectivity index (χ1v) is 4.49. The number of halogens is 1. The van der Waals surface area contributed by atoms with Gasteiger partial charge in [-0.05, 0) is 23.6 Å². The number of rotatable bonds is 1. The second-order valence-corrected chi connectivity index (χ2v) is 3.67. The Morgan fingerprint density at radius 3 is 2.54 bits per heavy atom. The van der Waals surface area contributed by atoms with Crippen molar-refractivity contribution in [3.05, 3.63) is 28.3 Å². The third kappa shape index (κ3) is 1.96. The lowest BCUT2D eigenvalue weighted by Crippen LogP contribution is -1.96. The molecule has 0 aliphatic carbocycles. The molecule has 0 aromatic heterocycles. The van der Waals surface area contributed by atoms with E-state index in [0.717, 1.165) is 11.1 Å². The van der Waals surface area contributed by atoms with E-state index >= 15 is 0 Å². The van der Waals surface area contributed by atoms with Crippen LogP contribution in [0.15, 0.2) is 12.1 Å². The van der Waals surface area contributed by atoms with Crippen molar-refractivity contribution in [2.45, 2.75) is 19.8 Å². The fourth-order valence-electron chi connectivity index (χ4n) is 1.26. The Labute approximate surface area is 83.9 Å². The molecule has 13 heavy (non-hydrogen) atoms. The number of hydrogen-bond acceptors (Lipinski definition) is 1. The largest absolute Gasteiger partial charge is 0.399 e. The van der Waals surface area contributed by atoms with Crippen molar-refractivity contribution >= 4 is 17.3 Å². The van der Waals surface area contributed by atoms with Crippen LogP contribution in [0.1, 0.15) is 30.9 Å². The molecule has 0 bridgehead atoms. The molecule has 0 atom stereocenters. The van der Waals surface area contributed by atoms with E-state index in [-0.39, 0.29) is 0 Å². The van der Waals surface area contributed by atoms with E-state index in [4.69, 9.17) is 23.8 Å². The molecule has 0 spiro atoms. The SMILES string of the molecule is C#Cc1c(Cl)cc(N)cc1C(C)C. The number of hydrogen-bond donors (Lipinski definition) is 1. The van der Waals surface area contributed by atoms with E-state index in [1.807, 2.05) is 6.07 Å². The van der Waals surface area contributed by atoms with Gasteiger partial charge in [-0.15, -0.1) is 6.42 Å². The molecule has 0 unspecified atom stereocenters. The van der Waals surface area contributed by atoms with Crippen LogP contribution in [0, 0.1) is 12.3 Å². The van der Waals surface area contributed by atoms with Gasteiger partial charge in [0.05, 0.1) is 5.02 Å². The van der Waals surface area contributed by atoms with Gasteiger partial charge in [-0.1, -0.05) is 31.4 Å². The summed E-state index contributed by atoms with van der Waals surface area (Å²) < 4.78 is 0. The summed E-state index contributed by atoms with van der Waals surface area (Å²) in [5, 5.41) is 0.561. The van der Waals surface area contributed by atoms with Gasteiger partial charge in [-0.25, -0.2) is 0 Å². The third-order valence-corrected chi connectivity index (χ3v) is 2.21. The summed E-state index contributed by atoms with van der Waals surface area (Å²) >= 11 is 5.96. The molecule has 1 rings (SSSR count). The zero-order valence-electron chi connectivity index (χ0n) is 7.76. The van der Waals surface area contributed by atoms with Crippen molar-refractivity contribution in [2.75, 3.05) is 5.73 Å². The predicted octanol–water partition coefficient (Wildman–Crippen LogP) is 3.03. The predicted molar refractivity (Wildman–Crippen MR) is 57.9 cm³/mol. The van der Waals surface area contributed by atoms with Crippen molar-refractivity contribution in [1.29, 1.82) is 0 Å². The number of benzene rings is 1. The van der Waals surface area contributed by atoms with E-state index in [9.17, 15) is 0 Å². The summed E-state index contributed by atoms with van der Waals surface area (Å²) in [5.41, 5.74) is 8.12. The van der Waals surface area contributed by atoms with Crippen LogP contribution < -0.4 is 5.73 Å². The molecule has 1 aromatic rings. The summed E-state index contributed by atoms with van der Waals surface area (Å²) in [6, 6.07) is 3.56. The normalized spacial score (nSPS) is 10.1. The van der Waals surface area contributed by atoms with Gasteiger partial charge >= 0.3 is 0 Å². The minimum Gasteiger partial charge on any atom is -0.399 e. The van der Waals surface area contributed by atoms with Gasteiger partial charge in [0.15, 0.2) is 0 Å². The molecule has 0 radical (unpaired) electrons. The smallest absolute Gasteiger partial charge is 0.0585 e. The molecule has 0 saturated carbocycles. The van der Waals surface area contributed by atoms with Gasteiger partial charge in [0.2, 0.25) is 0 Å². The number of nitrogens with two attached hydrogens (primary N) is 1. The van der Waals surface area contributed by atoms with E-state index in [1.54, 1.807) is 6.07 Å². The zero-order chi connectivity index (χ0) is 10.0. The Bertz CT molecular complexity index is 361. The highest BCUT2D eigenvalue weighted by Gasteiger charge is 2.09. The van der Waals surface area contributed by atoms with Crippen LogP contribution in [0.25, 0.3) is 0 Å². The van der Waals surface area contributed by atoms with Gasteiger partial charge < -0.3 is 5.73 Å². The van der Waals surface area contributed by atoms with Gasteiger partial charge in [-0.2, -0.15) is 0 Å². The highest BCUT2D eigenvalue weighted by molar-refractivity contribution is 6.32. The second kappa shape index (κ2) is 3.72. The Balaban J connectivity index is 3.41. The molecule has 1 aromatic carbocycles. The maximum Gasteiger partial charge on any atom is 0.0585 e. The van der Waals surface area contributed by atoms with Crippen LogP contribution in [-0.2, 0) is 0 Å². The fourth-order valence-corrected chi connectivity index (χ4v) is 1.55. The zero-order valence-corrected chi connectivity index (χ0v) is 8.52. The number of nitrogen functional groups attached to an aromatic ring is 1. The molecule has 68 valence electrons. The summed E-state index contributed by atoms with van der Waals surface area (Å²) in [7, 11) is 0. The van der Waals surface area contributed by atoms with Crippen LogP contribution in [0.2, 0.25) is 5.02 Å². The first-order chi connectivity index (χ1) is 6.06. The second-order valence-electron chi connectivity index (χ2n) is 3.27. The van der Waals surface area contributed by atoms with Crippen LogP contribution in [0.5, 0.6) is 0 Å². The average Bonchev–Trinajstić information content (AvgIpc) is 2.02. The number of anilines is 1. The fraction of sp³-hybridized carbons (Fsp3) is 0.273. The van der Waals surface area contributed by atoms with Crippen molar-refractivity contribution in [2.24, 2.45) is 0 Å². The molecule has 0 heterocycles. The molecule has 1 nitrogen and oxygen atoms in total. The standard InChI is InChI=1S/C11H12ClN/c1-4-9-10(7(2)3)5-8(13)6-11(9)12/h1,5-7H,13H2,2-3H3. The molecule has 0 amide bonds. The van der Waals surface area contributed by atoms with Crippen molar-refractivity contribution < 1.29 is 0 Å². The maximum atomic E-state index is 5.96. The molecular weight excluding hydrogens is 182 g/mol. The minimum absolute atomic E-state index is 0.340. The molecular formula is C11H12ClN. The van der Waals surface area contributed by atoms with Crippen LogP contribution in [0.4, 0.5) is 5.69 Å². The van der Waals surface area contributed by atoms with E-state index in [0.29, 0.717) is 16.6 Å². The third-order valence-electron chi connectivity index (χ3n) is 1.91. The topological polar surface area (TPSA) is 26.0 Å². The quantitative estimate of drug-likeness (QED) is 0.539. The first-order valence-electron chi connectivity index (χ1n) is 4.11. The van der Waals surface area contributed by atoms with Gasteiger partial charge in [0.1, 0.15) is 0 Å². The van der Waals surface area contributed by atoms with E-state index < -0.39 is 0 Å². The Hall–Kier alpha value is -1.13. The molecule has 0 aliphatic heterocycles. The Morgan fingerprint density at radius 1 is 1.46 bits per heavy atom. The lowest BCUT2D eigenvalue weighted by molar-refractivity contribution is 0.864. The summed E-state index contributed by atoms with van der Waals surface area (Å²) in [6.07, 6.45) is 5.36. The minimum atomic E-state index is 0.340. The molecule has 2 heteroatoms. The van der Waals surface area contributed by atoms with Crippen LogP contribution >= 0.6 is 11.6 Å². The Morgan fingerprint density at radius 2 is 2.08 bits per heavy atom. The van der Waals surface area contributed by atoms with Crippen LogP contribution in [0.3, 0.4) is 0 Å². The van der Waals surface area contributed by atoms with Gasteiger partial charge in [0, 0.05) is 11.3 Å². The van der Waals surface area contributed by atoms with Crippen molar-refractivity contribution in [3.8, 4) is 12.3 Å². The highest BCUT2D eigenvalue weighted by Crippen LogP contribution is 2.28. The molecule has 0 saturated heterocycles. The lowest BCUT2D eigenvalue weighted by Gasteiger charge is -2.11. The molecule has 0 fully saturated rings. The summed E-state index contributed by atoms with van der Waals surface area (Å²) in [6.45, 7) is 4.12. The van der Waals surface area contributed by atoms with E-state index in [2.05, 4.69) is 19.8 Å². The first kappa shape index (κ1) is 9.95. The molecule has 2 N–H and O–H groups in total. The number of terminal acetylenes is 1. The average molecular weight is 194 g/mol. The Kier molecular flexibility index (Phi) is 2.85. The molecule has 0 aliphatic rings. The van der Waals surface area contributed by atoms with Gasteiger partial charge in [0.25, 0.3) is 0 Å². The highest BCUT2D eigenvalue weighted by atomic mass is 35.5. The maximum absolute atomic E-state index is 5.96. The summed E-state index contributed by atoms with van der Waals surface area (Å²) in [5.74, 6) is 2.92. The summed E-state index contributed by atoms with van der Waals surface area (Å²) in [4.78, 5) is 0. The van der Waals surface area contributed by atoms with Gasteiger partial charge in [-0.3, -0.25) is 0 Å². The van der Waals surface area contributed by atoms with E-state index in [1.165, 1.54) is 0 Å². The van der Waals surface area contributed by atoms with Crippen LogP contribution in [-0.4, -0.2) is 0 Å².